The van der Waals surface area contributed by atoms with Crippen LogP contribution in [-0.4, -0.2) is 54.4 Å². The second-order valence-corrected chi connectivity index (χ2v) is 6.47. The van der Waals surface area contributed by atoms with Crippen molar-refractivity contribution in [1.82, 2.24) is 9.80 Å². The maximum atomic E-state index is 12.5. The highest BCUT2D eigenvalue weighted by Gasteiger charge is 2.24. The second kappa shape index (κ2) is 8.52. The number of carbonyl (C=O) groups excluding carboxylic acids is 2. The third-order valence-electron chi connectivity index (χ3n) is 4.69. The average Bonchev–Trinajstić information content (AvgIpc) is 2.69. The summed E-state index contributed by atoms with van der Waals surface area (Å²) in [5, 5.41) is 0. The van der Waals surface area contributed by atoms with E-state index >= 15 is 0 Å². The van der Waals surface area contributed by atoms with Crippen molar-refractivity contribution in [2.24, 2.45) is 0 Å². The molecule has 0 saturated carbocycles. The van der Waals surface area contributed by atoms with E-state index in [2.05, 4.69) is 0 Å². The van der Waals surface area contributed by atoms with Gasteiger partial charge in [0.2, 0.25) is 5.91 Å². The Balaban J connectivity index is 1.45. The van der Waals surface area contributed by atoms with Gasteiger partial charge in [0.15, 0.2) is 6.61 Å². The molecule has 0 bridgehead atoms. The van der Waals surface area contributed by atoms with Crippen LogP contribution < -0.4 is 4.74 Å². The number of aryl methyl sites for hydroxylation is 1. The van der Waals surface area contributed by atoms with Gasteiger partial charge in [-0.15, -0.1) is 0 Å². The van der Waals surface area contributed by atoms with Crippen LogP contribution in [0.1, 0.15) is 11.1 Å². The Kier molecular flexibility index (Phi) is 5.89. The van der Waals surface area contributed by atoms with E-state index in [9.17, 15) is 9.59 Å². The van der Waals surface area contributed by atoms with Crippen molar-refractivity contribution in [2.45, 2.75) is 13.3 Å². The molecule has 0 aliphatic carbocycles. The van der Waals surface area contributed by atoms with Gasteiger partial charge in [0, 0.05) is 26.2 Å². The van der Waals surface area contributed by atoms with Crippen molar-refractivity contribution in [3.8, 4) is 5.75 Å². The van der Waals surface area contributed by atoms with Gasteiger partial charge in [-0.2, -0.15) is 0 Å². The zero-order valence-electron chi connectivity index (χ0n) is 15.1. The highest BCUT2D eigenvalue weighted by Crippen LogP contribution is 2.12. The van der Waals surface area contributed by atoms with Gasteiger partial charge in [0.05, 0.1) is 6.42 Å². The summed E-state index contributed by atoms with van der Waals surface area (Å²) in [6.07, 6.45) is 0.414. The minimum atomic E-state index is -0.0418. The highest BCUT2D eigenvalue weighted by atomic mass is 16.5. The molecule has 1 saturated heterocycles. The lowest BCUT2D eigenvalue weighted by atomic mass is 10.1. The van der Waals surface area contributed by atoms with Crippen LogP contribution in [0.2, 0.25) is 0 Å². The SMILES string of the molecule is Cc1ccccc1CC(=O)N1CCN(C(=O)COc2ccccc2)CC1. The van der Waals surface area contributed by atoms with Crippen LogP contribution in [0.4, 0.5) is 0 Å². The van der Waals surface area contributed by atoms with Crippen molar-refractivity contribution in [2.75, 3.05) is 32.8 Å². The Bertz CT molecular complexity index is 753. The normalized spacial score (nSPS) is 14.2. The van der Waals surface area contributed by atoms with Crippen LogP contribution in [0, 0.1) is 6.92 Å². The molecule has 2 amide bonds. The maximum absolute atomic E-state index is 12.5. The molecule has 5 nitrogen and oxygen atoms in total. The fraction of sp³-hybridized carbons (Fsp3) is 0.333. The van der Waals surface area contributed by atoms with Crippen molar-refractivity contribution in [3.63, 3.8) is 0 Å². The number of nitrogens with zero attached hydrogens (tertiary/aromatic N) is 2. The number of hydrogen-bond acceptors (Lipinski definition) is 3. The molecule has 136 valence electrons. The molecular formula is C21H24N2O3. The predicted octanol–water partition coefficient (Wildman–Crippen LogP) is 2.29. The summed E-state index contributed by atoms with van der Waals surface area (Å²) in [7, 11) is 0. The van der Waals surface area contributed by atoms with E-state index in [1.54, 1.807) is 4.90 Å². The van der Waals surface area contributed by atoms with Crippen LogP contribution in [0.5, 0.6) is 5.75 Å². The molecule has 1 aliphatic rings. The number of para-hydroxylation sites is 1. The third kappa shape index (κ3) is 4.63. The minimum Gasteiger partial charge on any atom is -0.484 e. The standard InChI is InChI=1S/C21H24N2O3/c1-17-7-5-6-8-18(17)15-20(24)22-11-13-23(14-12-22)21(25)16-26-19-9-3-2-4-10-19/h2-10H,11-16H2,1H3. The summed E-state index contributed by atoms with van der Waals surface area (Å²) in [5.74, 6) is 0.764. The lowest BCUT2D eigenvalue weighted by Crippen LogP contribution is -2.52. The lowest BCUT2D eigenvalue weighted by molar-refractivity contribution is -0.140. The summed E-state index contributed by atoms with van der Waals surface area (Å²) in [4.78, 5) is 28.4. The zero-order valence-corrected chi connectivity index (χ0v) is 15.1. The lowest BCUT2D eigenvalue weighted by Gasteiger charge is -2.34. The Morgan fingerprint density at radius 3 is 2.08 bits per heavy atom. The van der Waals surface area contributed by atoms with Gasteiger partial charge in [0.25, 0.3) is 5.91 Å². The largest absolute Gasteiger partial charge is 0.484 e. The summed E-state index contributed by atoms with van der Waals surface area (Å²) >= 11 is 0. The number of piperazine rings is 1. The van der Waals surface area contributed by atoms with Gasteiger partial charge in [0.1, 0.15) is 5.75 Å². The zero-order chi connectivity index (χ0) is 18.4. The van der Waals surface area contributed by atoms with Gasteiger partial charge >= 0.3 is 0 Å². The molecule has 2 aromatic carbocycles. The quantitative estimate of drug-likeness (QED) is 0.830. The first kappa shape index (κ1) is 18.0. The molecule has 0 unspecified atom stereocenters. The van der Waals surface area contributed by atoms with Crippen LogP contribution >= 0.6 is 0 Å². The molecular weight excluding hydrogens is 328 g/mol. The molecule has 0 aromatic heterocycles. The fourth-order valence-electron chi connectivity index (χ4n) is 3.04. The molecule has 3 rings (SSSR count). The summed E-state index contributed by atoms with van der Waals surface area (Å²) in [6.45, 7) is 4.30. The van der Waals surface area contributed by atoms with Gasteiger partial charge in [-0.25, -0.2) is 0 Å². The second-order valence-electron chi connectivity index (χ2n) is 6.47. The number of ether oxygens (including phenoxy) is 1. The summed E-state index contributed by atoms with van der Waals surface area (Å²) in [5.41, 5.74) is 2.19. The van der Waals surface area contributed by atoms with Crippen molar-refractivity contribution >= 4 is 11.8 Å². The molecule has 26 heavy (non-hydrogen) atoms. The van der Waals surface area contributed by atoms with Gasteiger partial charge in [-0.1, -0.05) is 42.5 Å². The molecule has 2 aromatic rings. The van der Waals surface area contributed by atoms with Gasteiger partial charge in [-0.3, -0.25) is 9.59 Å². The average molecular weight is 352 g/mol. The first-order valence-corrected chi connectivity index (χ1v) is 8.91. The van der Waals surface area contributed by atoms with Crippen LogP contribution in [0.15, 0.2) is 54.6 Å². The first-order valence-electron chi connectivity index (χ1n) is 8.91. The van der Waals surface area contributed by atoms with E-state index in [1.807, 2.05) is 66.4 Å². The number of rotatable bonds is 5. The topological polar surface area (TPSA) is 49.9 Å². The van der Waals surface area contributed by atoms with Crippen LogP contribution in [0.3, 0.4) is 0 Å². The maximum Gasteiger partial charge on any atom is 0.260 e. The number of amides is 2. The Labute approximate surface area is 154 Å². The summed E-state index contributed by atoms with van der Waals surface area (Å²) in [6, 6.07) is 17.3. The number of hydrogen-bond donors (Lipinski definition) is 0. The van der Waals surface area contributed by atoms with Gasteiger partial charge in [-0.05, 0) is 30.2 Å². The van der Waals surface area contributed by atoms with E-state index in [0.29, 0.717) is 38.3 Å². The molecule has 1 aliphatic heterocycles. The van der Waals surface area contributed by atoms with Crippen molar-refractivity contribution in [1.29, 1.82) is 0 Å². The number of carbonyl (C=O) groups is 2. The highest BCUT2D eigenvalue weighted by molar-refractivity contribution is 5.80. The van der Waals surface area contributed by atoms with E-state index in [-0.39, 0.29) is 18.4 Å². The summed E-state index contributed by atoms with van der Waals surface area (Å²) < 4.78 is 5.52. The molecule has 0 spiro atoms. The van der Waals surface area contributed by atoms with Crippen LogP contribution in [-0.2, 0) is 16.0 Å². The van der Waals surface area contributed by atoms with E-state index in [4.69, 9.17) is 4.74 Å². The molecule has 1 heterocycles. The molecule has 0 N–H and O–H groups in total. The Hall–Kier alpha value is -2.82. The van der Waals surface area contributed by atoms with Crippen molar-refractivity contribution in [3.05, 3.63) is 65.7 Å². The molecule has 5 heteroatoms. The van der Waals surface area contributed by atoms with E-state index in [1.165, 1.54) is 0 Å². The smallest absolute Gasteiger partial charge is 0.260 e. The molecule has 1 fully saturated rings. The van der Waals surface area contributed by atoms with Crippen molar-refractivity contribution < 1.29 is 14.3 Å². The van der Waals surface area contributed by atoms with E-state index in [0.717, 1.165) is 11.1 Å². The monoisotopic (exact) mass is 352 g/mol. The Morgan fingerprint density at radius 2 is 1.42 bits per heavy atom. The molecule has 0 radical (unpaired) electrons. The van der Waals surface area contributed by atoms with Gasteiger partial charge < -0.3 is 14.5 Å². The Morgan fingerprint density at radius 1 is 0.846 bits per heavy atom. The fourth-order valence-corrected chi connectivity index (χ4v) is 3.04. The first-order chi connectivity index (χ1) is 12.6. The van der Waals surface area contributed by atoms with Crippen LogP contribution in [0.25, 0.3) is 0 Å². The number of benzene rings is 2. The third-order valence-corrected chi connectivity index (χ3v) is 4.69. The minimum absolute atomic E-state index is 0.0289. The molecule has 0 atom stereocenters. The van der Waals surface area contributed by atoms with E-state index < -0.39 is 0 Å². The predicted molar refractivity (Wildman–Crippen MR) is 100.0 cm³/mol.